The lowest BCUT2D eigenvalue weighted by atomic mass is 9.85. The predicted octanol–water partition coefficient (Wildman–Crippen LogP) is -0.445. The Balaban J connectivity index is 2.16. The highest BCUT2D eigenvalue weighted by Crippen LogP contribution is 2.31. The molecule has 0 aromatic heterocycles. The van der Waals surface area contributed by atoms with Crippen LogP contribution < -0.4 is 5.32 Å². The topological polar surface area (TPSA) is 56.8 Å². The van der Waals surface area contributed by atoms with Crippen LogP contribution in [0.2, 0.25) is 0 Å². The van der Waals surface area contributed by atoms with Crippen LogP contribution in [-0.4, -0.2) is 51.6 Å². The number of hydrogen-bond acceptors (Lipinski definition) is 5. The zero-order chi connectivity index (χ0) is 10.7. The first-order valence-electron chi connectivity index (χ1n) is 5.30. The lowest BCUT2D eigenvalue weighted by Crippen LogP contribution is -2.60. The van der Waals surface area contributed by atoms with Gasteiger partial charge in [0, 0.05) is 25.6 Å². The summed E-state index contributed by atoms with van der Waals surface area (Å²) in [6.07, 6.45) is 0.858. The van der Waals surface area contributed by atoms with E-state index in [1.807, 2.05) is 0 Å². The van der Waals surface area contributed by atoms with Crippen molar-refractivity contribution in [1.82, 2.24) is 5.32 Å². The van der Waals surface area contributed by atoms with Crippen molar-refractivity contribution >= 4 is 5.97 Å². The molecule has 2 unspecified atom stereocenters. The number of carbonyl (C=O) groups is 1. The lowest BCUT2D eigenvalue weighted by molar-refractivity contribution is -0.182. The molecule has 86 valence electrons. The summed E-state index contributed by atoms with van der Waals surface area (Å²) >= 11 is 0. The quantitative estimate of drug-likeness (QED) is 0.633. The average Bonchev–Trinajstić information content (AvgIpc) is 2.83. The zero-order valence-electron chi connectivity index (χ0n) is 8.95. The van der Waals surface area contributed by atoms with Crippen molar-refractivity contribution in [2.45, 2.75) is 12.0 Å². The van der Waals surface area contributed by atoms with E-state index in [4.69, 9.17) is 14.2 Å². The summed E-state index contributed by atoms with van der Waals surface area (Å²) in [5, 5.41) is 3.19. The summed E-state index contributed by atoms with van der Waals surface area (Å²) in [6.45, 7) is 3.13. The molecule has 15 heavy (non-hydrogen) atoms. The van der Waals surface area contributed by atoms with Crippen LogP contribution in [0.3, 0.4) is 0 Å². The van der Waals surface area contributed by atoms with E-state index in [2.05, 4.69) is 5.32 Å². The summed E-state index contributed by atoms with van der Waals surface area (Å²) in [5.74, 6) is -0.178. The van der Waals surface area contributed by atoms with Crippen molar-refractivity contribution in [3.05, 3.63) is 0 Å². The maximum atomic E-state index is 11.8. The number of hydrogen-bond donors (Lipinski definition) is 1. The first-order valence-corrected chi connectivity index (χ1v) is 5.30. The van der Waals surface area contributed by atoms with E-state index in [0.29, 0.717) is 26.4 Å². The fourth-order valence-corrected chi connectivity index (χ4v) is 2.27. The largest absolute Gasteiger partial charge is 0.467 e. The molecule has 0 aliphatic carbocycles. The second-order valence-electron chi connectivity index (χ2n) is 3.97. The molecule has 0 saturated carbocycles. The third-order valence-electron chi connectivity index (χ3n) is 3.15. The summed E-state index contributed by atoms with van der Waals surface area (Å²) in [4.78, 5) is 11.8. The van der Waals surface area contributed by atoms with Crippen LogP contribution in [0.25, 0.3) is 0 Å². The molecule has 2 aliphatic rings. The van der Waals surface area contributed by atoms with Gasteiger partial charge in [0.05, 0.1) is 20.3 Å². The van der Waals surface area contributed by atoms with E-state index >= 15 is 0 Å². The average molecular weight is 215 g/mol. The van der Waals surface area contributed by atoms with E-state index in [9.17, 15) is 4.79 Å². The minimum atomic E-state index is -0.830. The normalized spacial score (nSPS) is 36.5. The molecule has 0 aromatic rings. The Hall–Kier alpha value is -0.650. The first-order chi connectivity index (χ1) is 7.29. The van der Waals surface area contributed by atoms with Crippen molar-refractivity contribution < 1.29 is 19.0 Å². The van der Waals surface area contributed by atoms with E-state index in [-0.39, 0.29) is 11.9 Å². The van der Waals surface area contributed by atoms with Crippen LogP contribution in [0.15, 0.2) is 0 Å². The van der Waals surface area contributed by atoms with Gasteiger partial charge in [0.1, 0.15) is 0 Å². The van der Waals surface area contributed by atoms with Crippen molar-refractivity contribution in [1.29, 1.82) is 0 Å². The van der Waals surface area contributed by atoms with Gasteiger partial charge >= 0.3 is 5.97 Å². The summed E-state index contributed by atoms with van der Waals surface area (Å²) in [5.41, 5.74) is -0.830. The maximum Gasteiger partial charge on any atom is 0.339 e. The highest BCUT2D eigenvalue weighted by atomic mass is 16.6. The fraction of sp³-hybridized carbons (Fsp3) is 0.900. The second kappa shape index (κ2) is 4.47. The number of ether oxygens (including phenoxy) is 3. The number of carbonyl (C=O) groups excluding carboxylic acids is 1. The highest BCUT2D eigenvalue weighted by Gasteiger charge is 2.50. The lowest BCUT2D eigenvalue weighted by Gasteiger charge is -2.38. The van der Waals surface area contributed by atoms with Crippen LogP contribution in [0.5, 0.6) is 0 Å². The van der Waals surface area contributed by atoms with Gasteiger partial charge in [-0.05, 0) is 6.42 Å². The third kappa shape index (κ3) is 1.87. The van der Waals surface area contributed by atoms with Crippen molar-refractivity contribution in [2.75, 3.05) is 40.0 Å². The Kier molecular flexibility index (Phi) is 3.23. The van der Waals surface area contributed by atoms with Gasteiger partial charge in [0.15, 0.2) is 5.60 Å². The monoisotopic (exact) mass is 215 g/mol. The molecule has 0 aromatic carbocycles. The highest BCUT2D eigenvalue weighted by molar-refractivity contribution is 5.80. The minimum Gasteiger partial charge on any atom is -0.467 e. The number of nitrogens with one attached hydrogen (secondary N) is 1. The van der Waals surface area contributed by atoms with Gasteiger partial charge in [-0.3, -0.25) is 0 Å². The number of morpholine rings is 1. The molecule has 0 amide bonds. The Morgan fingerprint density at radius 1 is 1.53 bits per heavy atom. The van der Waals surface area contributed by atoms with Gasteiger partial charge < -0.3 is 19.5 Å². The van der Waals surface area contributed by atoms with Gasteiger partial charge in [-0.25, -0.2) is 4.79 Å². The van der Waals surface area contributed by atoms with Crippen LogP contribution in [0.4, 0.5) is 0 Å². The minimum absolute atomic E-state index is 0.109. The SMILES string of the molecule is COC(=O)C1(C2CCOC2)CNCCO1. The maximum absolute atomic E-state index is 11.8. The number of rotatable bonds is 2. The molecule has 2 fully saturated rings. The smallest absolute Gasteiger partial charge is 0.339 e. The van der Waals surface area contributed by atoms with Crippen molar-refractivity contribution in [3.8, 4) is 0 Å². The Labute approximate surface area is 89.1 Å². The molecule has 5 heteroatoms. The molecule has 0 radical (unpaired) electrons. The van der Waals surface area contributed by atoms with Gasteiger partial charge in [0.2, 0.25) is 0 Å². The molecule has 2 atom stereocenters. The predicted molar refractivity (Wildman–Crippen MR) is 52.5 cm³/mol. The summed E-state index contributed by atoms with van der Waals surface area (Å²) in [6, 6.07) is 0. The van der Waals surface area contributed by atoms with Crippen LogP contribution in [-0.2, 0) is 19.0 Å². The van der Waals surface area contributed by atoms with Crippen LogP contribution in [0.1, 0.15) is 6.42 Å². The Morgan fingerprint density at radius 3 is 2.93 bits per heavy atom. The van der Waals surface area contributed by atoms with Crippen molar-refractivity contribution in [3.63, 3.8) is 0 Å². The van der Waals surface area contributed by atoms with Gasteiger partial charge in [-0.15, -0.1) is 0 Å². The third-order valence-corrected chi connectivity index (χ3v) is 3.15. The molecule has 0 spiro atoms. The fourth-order valence-electron chi connectivity index (χ4n) is 2.27. The van der Waals surface area contributed by atoms with Gasteiger partial charge in [0.25, 0.3) is 0 Å². The van der Waals surface area contributed by atoms with Gasteiger partial charge in [-0.2, -0.15) is 0 Å². The molecule has 5 nitrogen and oxygen atoms in total. The van der Waals surface area contributed by atoms with Crippen molar-refractivity contribution in [2.24, 2.45) is 5.92 Å². The Bertz CT molecular complexity index is 232. The molecule has 2 heterocycles. The molecule has 2 aliphatic heterocycles. The molecular weight excluding hydrogens is 198 g/mol. The molecular formula is C10H17NO4. The number of methoxy groups -OCH3 is 1. The van der Waals surface area contributed by atoms with E-state index in [1.165, 1.54) is 7.11 Å². The van der Waals surface area contributed by atoms with Gasteiger partial charge in [-0.1, -0.05) is 0 Å². The Morgan fingerprint density at radius 2 is 2.40 bits per heavy atom. The second-order valence-corrected chi connectivity index (χ2v) is 3.97. The molecule has 2 rings (SSSR count). The van der Waals surface area contributed by atoms with Crippen LogP contribution in [0, 0.1) is 5.92 Å². The standard InChI is InChI=1S/C10H17NO4/c1-13-9(12)10(7-11-3-5-15-10)8-2-4-14-6-8/h8,11H,2-7H2,1H3. The van der Waals surface area contributed by atoms with E-state index in [0.717, 1.165) is 13.0 Å². The summed E-state index contributed by atoms with van der Waals surface area (Å²) in [7, 11) is 1.40. The summed E-state index contributed by atoms with van der Waals surface area (Å²) < 4.78 is 15.8. The molecule has 1 N–H and O–H groups in total. The molecule has 0 bridgehead atoms. The molecule has 2 saturated heterocycles. The first kappa shape index (κ1) is 10.9. The van der Waals surface area contributed by atoms with E-state index < -0.39 is 5.60 Å². The zero-order valence-corrected chi connectivity index (χ0v) is 8.95. The van der Waals surface area contributed by atoms with Crippen LogP contribution >= 0.6 is 0 Å². The van der Waals surface area contributed by atoms with E-state index in [1.54, 1.807) is 0 Å². The number of esters is 1.